The summed E-state index contributed by atoms with van der Waals surface area (Å²) in [5.41, 5.74) is 0.416. The van der Waals surface area contributed by atoms with Gasteiger partial charge >= 0.3 is 12.0 Å². The maximum atomic E-state index is 13.2. The first-order valence-electron chi connectivity index (χ1n) is 9.94. The maximum absolute atomic E-state index is 13.2. The molecule has 170 valence electrons. The zero-order valence-electron chi connectivity index (χ0n) is 17.6. The number of carbonyl (C=O) groups excluding carboxylic acids is 2. The maximum Gasteiger partial charge on any atom is 0.338 e. The molecule has 0 aliphatic carbocycles. The predicted molar refractivity (Wildman–Crippen MR) is 114 cm³/mol. The monoisotopic (exact) mass is 462 g/mol. The second kappa shape index (κ2) is 9.82. The van der Waals surface area contributed by atoms with Crippen molar-refractivity contribution in [2.75, 3.05) is 19.0 Å². The molecule has 0 bridgehead atoms. The van der Waals surface area contributed by atoms with Crippen molar-refractivity contribution < 1.29 is 31.9 Å². The second-order valence-electron chi connectivity index (χ2n) is 6.86. The number of nitrogens with one attached hydrogen (secondary N) is 2. The molecule has 2 N–H and O–H groups in total. The lowest BCUT2D eigenvalue weighted by Gasteiger charge is -2.29. The van der Waals surface area contributed by atoms with Crippen LogP contribution in [0.2, 0.25) is 0 Å². The van der Waals surface area contributed by atoms with Gasteiger partial charge in [-0.1, -0.05) is 12.1 Å². The fourth-order valence-corrected chi connectivity index (χ4v) is 4.60. The molecule has 3 rings (SSSR count). The van der Waals surface area contributed by atoms with Crippen LogP contribution in [-0.2, 0) is 19.4 Å². The molecule has 0 saturated carbocycles. The lowest BCUT2D eigenvalue weighted by Crippen LogP contribution is -2.47. The molecular formula is C22H23FN2O6S. The number of esters is 1. The van der Waals surface area contributed by atoms with Crippen LogP contribution in [0.1, 0.15) is 25.5 Å². The summed E-state index contributed by atoms with van der Waals surface area (Å²) in [6.45, 7) is 4.00. The summed E-state index contributed by atoms with van der Waals surface area (Å²) in [6, 6.07) is 9.42. The van der Waals surface area contributed by atoms with E-state index < -0.39 is 39.4 Å². The number of sulfone groups is 1. The zero-order chi connectivity index (χ0) is 23.3. The normalized spacial score (nSPS) is 16.2. The summed E-state index contributed by atoms with van der Waals surface area (Å²) in [7, 11) is -4.00. The fourth-order valence-electron chi connectivity index (χ4n) is 3.27. The number of amides is 2. The van der Waals surface area contributed by atoms with E-state index in [0.29, 0.717) is 17.9 Å². The summed E-state index contributed by atoms with van der Waals surface area (Å²) in [5, 5.41) is 5.07. The standard InChI is InChI=1S/C22H23FN2O6S/c1-3-30-16-9-5-14(6-10-16)20-19(21(26)31-4-2)18(24-22(27)25-20)13-32(28,29)17-11-7-15(23)8-12-17/h5-12,20H,3-4,13H2,1-2H3,(H2,24,25,27)/t20-/m1/s1. The highest BCUT2D eigenvalue weighted by molar-refractivity contribution is 7.91. The van der Waals surface area contributed by atoms with Crippen LogP contribution in [-0.4, -0.2) is 39.4 Å². The Hall–Kier alpha value is -3.40. The van der Waals surface area contributed by atoms with E-state index in [4.69, 9.17) is 9.47 Å². The molecule has 0 fully saturated rings. The van der Waals surface area contributed by atoms with Gasteiger partial charge in [-0.05, 0) is 55.8 Å². The highest BCUT2D eigenvalue weighted by Gasteiger charge is 2.35. The van der Waals surface area contributed by atoms with Crippen molar-refractivity contribution in [2.45, 2.75) is 24.8 Å². The molecule has 32 heavy (non-hydrogen) atoms. The molecule has 1 atom stereocenters. The molecule has 2 aromatic carbocycles. The van der Waals surface area contributed by atoms with Crippen molar-refractivity contribution in [1.29, 1.82) is 0 Å². The third kappa shape index (κ3) is 5.25. The molecule has 0 spiro atoms. The SMILES string of the molecule is CCOC(=O)C1=C(CS(=O)(=O)c2ccc(F)cc2)NC(=O)N[C@@H]1c1ccc(OCC)cc1. The average molecular weight is 462 g/mol. The van der Waals surface area contributed by atoms with E-state index in [1.165, 1.54) is 0 Å². The van der Waals surface area contributed by atoms with E-state index in [1.54, 1.807) is 31.2 Å². The van der Waals surface area contributed by atoms with Crippen LogP contribution in [0, 0.1) is 5.82 Å². The number of benzene rings is 2. The summed E-state index contributed by atoms with van der Waals surface area (Å²) in [5.74, 6) is -1.41. The first kappa shape index (κ1) is 23.3. The lowest BCUT2D eigenvalue weighted by atomic mass is 9.95. The number of hydrogen-bond acceptors (Lipinski definition) is 6. The molecular weight excluding hydrogens is 439 g/mol. The van der Waals surface area contributed by atoms with Gasteiger partial charge < -0.3 is 20.1 Å². The summed E-state index contributed by atoms with van der Waals surface area (Å²) in [4.78, 5) is 25.0. The van der Waals surface area contributed by atoms with E-state index >= 15 is 0 Å². The van der Waals surface area contributed by atoms with Gasteiger partial charge in [-0.3, -0.25) is 0 Å². The molecule has 2 aromatic rings. The Morgan fingerprint density at radius 1 is 1.03 bits per heavy atom. The first-order chi connectivity index (χ1) is 15.2. The van der Waals surface area contributed by atoms with Crippen LogP contribution < -0.4 is 15.4 Å². The van der Waals surface area contributed by atoms with E-state index in [9.17, 15) is 22.4 Å². The van der Waals surface area contributed by atoms with Crippen LogP contribution in [0.5, 0.6) is 5.75 Å². The van der Waals surface area contributed by atoms with E-state index in [-0.39, 0.29) is 22.8 Å². The van der Waals surface area contributed by atoms with Gasteiger partial charge in [-0.2, -0.15) is 0 Å². The van der Waals surface area contributed by atoms with Crippen LogP contribution in [0.25, 0.3) is 0 Å². The van der Waals surface area contributed by atoms with Crippen LogP contribution in [0.3, 0.4) is 0 Å². The average Bonchev–Trinajstić information content (AvgIpc) is 2.74. The Balaban J connectivity index is 2.05. The second-order valence-corrected chi connectivity index (χ2v) is 8.85. The Morgan fingerprint density at radius 2 is 1.69 bits per heavy atom. The van der Waals surface area contributed by atoms with Gasteiger partial charge in [-0.15, -0.1) is 0 Å². The van der Waals surface area contributed by atoms with Gasteiger partial charge in [0.05, 0.1) is 35.5 Å². The minimum Gasteiger partial charge on any atom is -0.494 e. The van der Waals surface area contributed by atoms with Crippen molar-refractivity contribution in [3.05, 3.63) is 71.2 Å². The topological polar surface area (TPSA) is 111 Å². The largest absolute Gasteiger partial charge is 0.494 e. The molecule has 10 heteroatoms. The Labute approximate surface area is 185 Å². The third-order valence-electron chi connectivity index (χ3n) is 4.68. The molecule has 1 aliphatic rings. The van der Waals surface area contributed by atoms with Gasteiger partial charge in [0.2, 0.25) is 0 Å². The number of urea groups is 1. The molecule has 2 amide bonds. The van der Waals surface area contributed by atoms with Gasteiger partial charge in [0.25, 0.3) is 0 Å². The van der Waals surface area contributed by atoms with Gasteiger partial charge in [0, 0.05) is 5.70 Å². The fraction of sp³-hybridized carbons (Fsp3) is 0.273. The lowest BCUT2D eigenvalue weighted by molar-refractivity contribution is -0.139. The number of ether oxygens (including phenoxy) is 2. The number of rotatable bonds is 8. The van der Waals surface area contributed by atoms with E-state index in [1.807, 2.05) is 6.92 Å². The first-order valence-corrected chi connectivity index (χ1v) is 11.6. The van der Waals surface area contributed by atoms with Gasteiger partial charge in [0.1, 0.15) is 11.6 Å². The minimum atomic E-state index is -4.00. The molecule has 0 saturated heterocycles. The number of carbonyl (C=O) groups is 2. The van der Waals surface area contributed by atoms with Crippen LogP contribution in [0.4, 0.5) is 9.18 Å². The van der Waals surface area contributed by atoms with Gasteiger partial charge in [-0.25, -0.2) is 22.4 Å². The van der Waals surface area contributed by atoms with Crippen LogP contribution in [0.15, 0.2) is 64.7 Å². The number of halogens is 1. The Morgan fingerprint density at radius 3 is 2.28 bits per heavy atom. The van der Waals surface area contributed by atoms with E-state index in [0.717, 1.165) is 24.3 Å². The third-order valence-corrected chi connectivity index (χ3v) is 6.34. The molecule has 0 unspecified atom stereocenters. The smallest absolute Gasteiger partial charge is 0.338 e. The van der Waals surface area contributed by atoms with Crippen molar-refractivity contribution in [3.63, 3.8) is 0 Å². The Kier molecular flexibility index (Phi) is 7.14. The number of hydrogen-bond donors (Lipinski definition) is 2. The van der Waals surface area contributed by atoms with Crippen molar-refractivity contribution in [3.8, 4) is 5.75 Å². The van der Waals surface area contributed by atoms with Crippen molar-refractivity contribution in [2.24, 2.45) is 0 Å². The molecule has 0 aromatic heterocycles. The summed E-state index contributed by atoms with van der Waals surface area (Å²) in [6.07, 6.45) is 0. The minimum absolute atomic E-state index is 0.0266. The molecule has 1 aliphatic heterocycles. The summed E-state index contributed by atoms with van der Waals surface area (Å²) >= 11 is 0. The highest BCUT2D eigenvalue weighted by Crippen LogP contribution is 2.30. The molecule has 0 radical (unpaired) electrons. The van der Waals surface area contributed by atoms with Crippen molar-refractivity contribution >= 4 is 21.8 Å². The zero-order valence-corrected chi connectivity index (χ0v) is 18.4. The Bertz CT molecular complexity index is 1130. The summed E-state index contributed by atoms with van der Waals surface area (Å²) < 4.78 is 49.6. The van der Waals surface area contributed by atoms with E-state index in [2.05, 4.69) is 10.6 Å². The molecule has 8 nitrogen and oxygen atoms in total. The van der Waals surface area contributed by atoms with Crippen molar-refractivity contribution in [1.82, 2.24) is 10.6 Å². The quantitative estimate of drug-likeness (QED) is 0.461. The van der Waals surface area contributed by atoms with Crippen LogP contribution >= 0.6 is 0 Å². The van der Waals surface area contributed by atoms with Gasteiger partial charge in [0.15, 0.2) is 9.84 Å². The molecule has 1 heterocycles. The predicted octanol–water partition coefficient (Wildman–Crippen LogP) is 2.87. The highest BCUT2D eigenvalue weighted by atomic mass is 32.2.